The lowest BCUT2D eigenvalue weighted by atomic mass is 10.3. The topological polar surface area (TPSA) is 74.7 Å². The number of nitrogens with one attached hydrogen (secondary N) is 1. The van der Waals surface area contributed by atoms with Crippen LogP contribution in [0.15, 0.2) is 9.64 Å². The Morgan fingerprint density at radius 1 is 1.64 bits per heavy atom. The van der Waals surface area contributed by atoms with Gasteiger partial charge in [-0.2, -0.15) is 5.26 Å². The summed E-state index contributed by atoms with van der Waals surface area (Å²) in [7, 11) is 1.77. The van der Waals surface area contributed by atoms with Gasteiger partial charge in [0.15, 0.2) is 0 Å². The molecule has 1 aromatic rings. The normalized spacial score (nSPS) is 12.4. The van der Waals surface area contributed by atoms with E-state index >= 15 is 0 Å². The fourth-order valence-corrected chi connectivity index (χ4v) is 1.68. The molecule has 1 rings (SSSR count). The molecule has 1 N–H and O–H groups in total. The van der Waals surface area contributed by atoms with Crippen molar-refractivity contribution >= 4 is 11.8 Å². The zero-order valence-corrected chi connectivity index (χ0v) is 8.97. The van der Waals surface area contributed by atoms with E-state index in [2.05, 4.69) is 21.6 Å². The van der Waals surface area contributed by atoms with E-state index in [4.69, 9.17) is 9.68 Å². The number of hydrogen-bond donors (Lipinski definition) is 1. The van der Waals surface area contributed by atoms with Crippen molar-refractivity contribution in [1.29, 1.82) is 5.26 Å². The molecule has 0 saturated heterocycles. The van der Waals surface area contributed by atoms with E-state index in [1.54, 1.807) is 14.0 Å². The molecule has 1 unspecified atom stereocenters. The molecule has 0 amide bonds. The Balaban J connectivity index is 2.25. The second-order valence-electron chi connectivity index (χ2n) is 2.69. The summed E-state index contributed by atoms with van der Waals surface area (Å²) < 4.78 is 5.17. The van der Waals surface area contributed by atoms with Crippen LogP contribution in [0, 0.1) is 18.3 Å². The summed E-state index contributed by atoms with van der Waals surface area (Å²) >= 11 is 1.47. The lowest BCUT2D eigenvalue weighted by Gasteiger charge is -2.04. The van der Waals surface area contributed by atoms with Crippen molar-refractivity contribution in [3.63, 3.8) is 0 Å². The minimum atomic E-state index is -0.105. The zero-order valence-electron chi connectivity index (χ0n) is 8.15. The lowest BCUT2D eigenvalue weighted by Crippen LogP contribution is -2.23. The summed E-state index contributed by atoms with van der Waals surface area (Å²) in [6.07, 6.45) is 0.763. The quantitative estimate of drug-likeness (QED) is 0.733. The SMILES string of the molecule is CNC(C#N)CCSc1nnc(C)o1. The molecule has 0 saturated carbocycles. The van der Waals surface area contributed by atoms with Crippen LogP contribution in [0.3, 0.4) is 0 Å². The number of nitriles is 1. The van der Waals surface area contributed by atoms with Gasteiger partial charge in [0.1, 0.15) is 0 Å². The fourth-order valence-electron chi connectivity index (χ4n) is 0.874. The highest BCUT2D eigenvalue weighted by molar-refractivity contribution is 7.99. The van der Waals surface area contributed by atoms with Crippen molar-refractivity contribution in [2.75, 3.05) is 12.8 Å². The van der Waals surface area contributed by atoms with E-state index in [9.17, 15) is 0 Å². The Bertz CT molecular complexity index is 319. The predicted molar refractivity (Wildman–Crippen MR) is 52.8 cm³/mol. The minimum absolute atomic E-state index is 0.105. The number of rotatable bonds is 5. The van der Waals surface area contributed by atoms with E-state index < -0.39 is 0 Å². The van der Waals surface area contributed by atoms with Crippen LogP contribution in [0.1, 0.15) is 12.3 Å². The highest BCUT2D eigenvalue weighted by Gasteiger charge is 2.06. The van der Waals surface area contributed by atoms with Gasteiger partial charge in [0.05, 0.1) is 12.1 Å². The van der Waals surface area contributed by atoms with E-state index in [1.807, 2.05) is 0 Å². The van der Waals surface area contributed by atoms with Crippen molar-refractivity contribution in [3.8, 4) is 6.07 Å². The van der Waals surface area contributed by atoms with Gasteiger partial charge in [0.2, 0.25) is 5.89 Å². The third kappa shape index (κ3) is 3.36. The first kappa shape index (κ1) is 11.0. The average Bonchev–Trinajstić information content (AvgIpc) is 2.59. The summed E-state index contributed by atoms with van der Waals surface area (Å²) in [5.74, 6) is 1.36. The Kier molecular flexibility index (Phi) is 4.43. The van der Waals surface area contributed by atoms with Gasteiger partial charge in [-0.15, -0.1) is 10.2 Å². The maximum Gasteiger partial charge on any atom is 0.276 e. The number of hydrogen-bond acceptors (Lipinski definition) is 6. The average molecular weight is 212 g/mol. The molecule has 14 heavy (non-hydrogen) atoms. The molecule has 0 aliphatic carbocycles. The van der Waals surface area contributed by atoms with Crippen LogP contribution in [0.25, 0.3) is 0 Å². The molecule has 0 bridgehead atoms. The molecule has 0 aliphatic rings. The lowest BCUT2D eigenvalue weighted by molar-refractivity contribution is 0.429. The largest absolute Gasteiger partial charge is 0.416 e. The molecule has 5 nitrogen and oxygen atoms in total. The molecule has 0 aliphatic heterocycles. The Hall–Kier alpha value is -1.06. The summed E-state index contributed by atoms with van der Waals surface area (Å²) in [4.78, 5) is 0. The van der Waals surface area contributed by atoms with E-state index in [0.29, 0.717) is 11.1 Å². The van der Waals surface area contributed by atoms with Crippen LogP contribution < -0.4 is 5.32 Å². The van der Waals surface area contributed by atoms with Gasteiger partial charge >= 0.3 is 0 Å². The van der Waals surface area contributed by atoms with Gasteiger partial charge in [-0.25, -0.2) is 0 Å². The van der Waals surface area contributed by atoms with Gasteiger partial charge in [-0.05, 0) is 13.5 Å². The van der Waals surface area contributed by atoms with Crippen LogP contribution in [0.4, 0.5) is 0 Å². The molecule has 1 aromatic heterocycles. The summed E-state index contributed by atoms with van der Waals surface area (Å²) in [5, 5.41) is 19.7. The van der Waals surface area contributed by atoms with Gasteiger partial charge in [-0.1, -0.05) is 11.8 Å². The van der Waals surface area contributed by atoms with E-state index in [1.165, 1.54) is 11.8 Å². The van der Waals surface area contributed by atoms with Crippen molar-refractivity contribution in [2.24, 2.45) is 0 Å². The maximum atomic E-state index is 8.65. The number of aromatic nitrogens is 2. The molecular weight excluding hydrogens is 200 g/mol. The van der Waals surface area contributed by atoms with Gasteiger partial charge in [0.25, 0.3) is 5.22 Å². The van der Waals surface area contributed by atoms with Crippen LogP contribution in [-0.4, -0.2) is 29.0 Å². The summed E-state index contributed by atoms with van der Waals surface area (Å²) in [6.45, 7) is 1.75. The molecule has 0 radical (unpaired) electrons. The van der Waals surface area contributed by atoms with Crippen molar-refractivity contribution in [1.82, 2.24) is 15.5 Å². The third-order valence-electron chi connectivity index (χ3n) is 1.64. The van der Waals surface area contributed by atoms with Gasteiger partial charge in [-0.3, -0.25) is 0 Å². The Morgan fingerprint density at radius 2 is 2.43 bits per heavy atom. The Labute approximate surface area is 86.9 Å². The first-order valence-electron chi connectivity index (χ1n) is 4.26. The molecule has 0 fully saturated rings. The third-order valence-corrected chi connectivity index (χ3v) is 2.50. The maximum absolute atomic E-state index is 8.65. The number of thioether (sulfide) groups is 1. The van der Waals surface area contributed by atoms with Crippen molar-refractivity contribution in [3.05, 3.63) is 5.89 Å². The highest BCUT2D eigenvalue weighted by atomic mass is 32.2. The molecule has 1 heterocycles. The monoisotopic (exact) mass is 212 g/mol. The van der Waals surface area contributed by atoms with Crippen LogP contribution in [0.5, 0.6) is 0 Å². The molecule has 0 spiro atoms. The van der Waals surface area contributed by atoms with Crippen molar-refractivity contribution in [2.45, 2.75) is 24.6 Å². The summed E-state index contributed by atoms with van der Waals surface area (Å²) in [6, 6.07) is 2.05. The fraction of sp³-hybridized carbons (Fsp3) is 0.625. The van der Waals surface area contributed by atoms with E-state index in [-0.39, 0.29) is 6.04 Å². The molecule has 76 valence electrons. The zero-order chi connectivity index (χ0) is 10.4. The van der Waals surface area contributed by atoms with Crippen LogP contribution >= 0.6 is 11.8 Å². The molecular formula is C8H12N4OS. The first-order valence-corrected chi connectivity index (χ1v) is 5.24. The van der Waals surface area contributed by atoms with Crippen molar-refractivity contribution < 1.29 is 4.42 Å². The number of aryl methyl sites for hydroxylation is 1. The van der Waals surface area contributed by atoms with Crippen LogP contribution in [-0.2, 0) is 0 Å². The van der Waals surface area contributed by atoms with Gasteiger partial charge < -0.3 is 9.73 Å². The first-order chi connectivity index (χ1) is 6.76. The smallest absolute Gasteiger partial charge is 0.276 e. The predicted octanol–water partition coefficient (Wildman–Crippen LogP) is 0.972. The second-order valence-corrected chi connectivity index (χ2v) is 3.74. The molecule has 1 atom stereocenters. The second kappa shape index (κ2) is 5.62. The highest BCUT2D eigenvalue weighted by Crippen LogP contribution is 2.16. The Morgan fingerprint density at radius 3 is 2.93 bits per heavy atom. The molecule has 6 heteroatoms. The minimum Gasteiger partial charge on any atom is -0.416 e. The van der Waals surface area contributed by atoms with E-state index in [0.717, 1.165) is 12.2 Å². The van der Waals surface area contributed by atoms with Gasteiger partial charge in [0, 0.05) is 12.7 Å². The standard InChI is InChI=1S/C8H12N4OS/c1-6-11-12-8(13-6)14-4-3-7(5-9)10-2/h7,10H,3-4H2,1-2H3. The summed E-state index contributed by atoms with van der Waals surface area (Å²) in [5.41, 5.74) is 0. The number of nitrogens with zero attached hydrogens (tertiary/aromatic N) is 3. The van der Waals surface area contributed by atoms with Crippen LogP contribution in [0.2, 0.25) is 0 Å². The molecule has 0 aromatic carbocycles.